The molecular formula is C21H22F2N2O3. The number of ether oxygens (including phenoxy) is 1. The van der Waals surface area contributed by atoms with Crippen LogP contribution >= 0.6 is 0 Å². The van der Waals surface area contributed by atoms with Crippen LogP contribution < -0.4 is 9.64 Å². The molecule has 1 atom stereocenters. The van der Waals surface area contributed by atoms with E-state index >= 15 is 0 Å². The average Bonchev–Trinajstić information content (AvgIpc) is 3.38. The third-order valence-electron chi connectivity index (χ3n) is 5.27. The van der Waals surface area contributed by atoms with Gasteiger partial charge in [0, 0.05) is 31.1 Å². The second kappa shape index (κ2) is 7.73. The highest BCUT2D eigenvalue weighted by Gasteiger charge is 2.28. The van der Waals surface area contributed by atoms with E-state index in [1.54, 1.807) is 23.1 Å². The zero-order valence-electron chi connectivity index (χ0n) is 15.4. The molecule has 5 nitrogen and oxygen atoms in total. The van der Waals surface area contributed by atoms with Crippen LogP contribution in [0.15, 0.2) is 30.3 Å². The molecule has 0 spiro atoms. The minimum atomic E-state index is -0.891. The molecule has 4 rings (SSSR count). The summed E-state index contributed by atoms with van der Waals surface area (Å²) < 4.78 is 35.1. The molecule has 1 aromatic carbocycles. The zero-order valence-corrected chi connectivity index (χ0v) is 15.4. The predicted octanol–water partition coefficient (Wildman–Crippen LogP) is 4.12. The topological polar surface area (TPSA) is 62.7 Å². The monoisotopic (exact) mass is 388 g/mol. The number of carbonyl (C=O) groups is 1. The number of anilines is 1. The molecule has 1 saturated heterocycles. The molecule has 0 amide bonds. The van der Waals surface area contributed by atoms with Crippen molar-refractivity contribution in [2.75, 3.05) is 24.6 Å². The molecule has 1 saturated carbocycles. The quantitative estimate of drug-likeness (QED) is 0.773. The number of rotatable bonds is 7. The lowest BCUT2D eigenvalue weighted by Crippen LogP contribution is -2.23. The van der Waals surface area contributed by atoms with Crippen LogP contribution in [0.2, 0.25) is 0 Å². The van der Waals surface area contributed by atoms with E-state index in [9.17, 15) is 13.6 Å². The van der Waals surface area contributed by atoms with E-state index in [0.29, 0.717) is 49.2 Å². The molecule has 1 aliphatic heterocycles. The molecule has 0 radical (unpaired) electrons. The Labute approximate surface area is 162 Å². The fourth-order valence-electron chi connectivity index (χ4n) is 3.61. The van der Waals surface area contributed by atoms with Gasteiger partial charge in [-0.05, 0) is 49.3 Å². The first-order chi connectivity index (χ1) is 13.5. The molecule has 1 N–H and O–H groups in total. The highest BCUT2D eigenvalue weighted by atomic mass is 19.1. The summed E-state index contributed by atoms with van der Waals surface area (Å²) >= 11 is 0. The third kappa shape index (κ3) is 4.24. The molecule has 0 unspecified atom stereocenters. The number of benzene rings is 1. The van der Waals surface area contributed by atoms with Crippen molar-refractivity contribution in [3.05, 3.63) is 42.0 Å². The summed E-state index contributed by atoms with van der Waals surface area (Å²) in [5.74, 6) is -1.29. The van der Waals surface area contributed by atoms with E-state index in [4.69, 9.17) is 9.84 Å². The second-order valence-corrected chi connectivity index (χ2v) is 7.60. The van der Waals surface area contributed by atoms with Gasteiger partial charge >= 0.3 is 5.97 Å². The third-order valence-corrected chi connectivity index (χ3v) is 5.27. The molecule has 1 aliphatic carbocycles. The molecule has 2 aliphatic rings. The van der Waals surface area contributed by atoms with Crippen molar-refractivity contribution in [2.45, 2.75) is 25.7 Å². The van der Waals surface area contributed by atoms with Gasteiger partial charge in [0.05, 0.1) is 12.3 Å². The van der Waals surface area contributed by atoms with Crippen LogP contribution in [0.3, 0.4) is 0 Å². The Kier molecular flexibility index (Phi) is 5.15. The van der Waals surface area contributed by atoms with Crippen LogP contribution in [0.25, 0.3) is 11.3 Å². The van der Waals surface area contributed by atoms with Crippen LogP contribution in [0.5, 0.6) is 5.88 Å². The number of aliphatic carboxylic acids is 1. The highest BCUT2D eigenvalue weighted by Crippen LogP contribution is 2.34. The Morgan fingerprint density at radius 1 is 1.18 bits per heavy atom. The summed E-state index contributed by atoms with van der Waals surface area (Å²) in [5, 5.41) is 8.91. The lowest BCUT2D eigenvalue weighted by molar-refractivity contribution is -0.137. The maximum absolute atomic E-state index is 14.7. The average molecular weight is 388 g/mol. The maximum Gasteiger partial charge on any atom is 0.303 e. The molecule has 28 heavy (non-hydrogen) atoms. The lowest BCUT2D eigenvalue weighted by Gasteiger charge is -2.20. The maximum atomic E-state index is 14.7. The Bertz CT molecular complexity index is 863. The highest BCUT2D eigenvalue weighted by molar-refractivity contribution is 5.68. The van der Waals surface area contributed by atoms with E-state index in [2.05, 4.69) is 4.98 Å². The fraction of sp³-hybridized carbons (Fsp3) is 0.429. The number of halogens is 2. The first-order valence-electron chi connectivity index (χ1n) is 9.55. The number of carboxylic acid groups (broad SMARTS) is 1. The van der Waals surface area contributed by atoms with Crippen molar-refractivity contribution in [1.82, 2.24) is 4.98 Å². The Morgan fingerprint density at radius 3 is 2.61 bits per heavy atom. The number of aromatic nitrogens is 1. The van der Waals surface area contributed by atoms with E-state index in [1.807, 2.05) is 0 Å². The van der Waals surface area contributed by atoms with Crippen LogP contribution in [-0.4, -0.2) is 35.8 Å². The van der Waals surface area contributed by atoms with Gasteiger partial charge in [-0.15, -0.1) is 0 Å². The number of pyridine rings is 1. The van der Waals surface area contributed by atoms with Crippen molar-refractivity contribution in [3.8, 4) is 17.1 Å². The fourth-order valence-corrected chi connectivity index (χ4v) is 3.61. The van der Waals surface area contributed by atoms with Crippen LogP contribution in [0.4, 0.5) is 14.5 Å². The molecular weight excluding hydrogens is 366 g/mol. The van der Waals surface area contributed by atoms with Gasteiger partial charge in [-0.2, -0.15) is 0 Å². The van der Waals surface area contributed by atoms with Crippen molar-refractivity contribution in [3.63, 3.8) is 0 Å². The van der Waals surface area contributed by atoms with Gasteiger partial charge in [0.1, 0.15) is 17.3 Å². The summed E-state index contributed by atoms with van der Waals surface area (Å²) in [6.45, 7) is 1.39. The SMILES string of the molecule is O=C(O)C[C@H]1CCN(c2c(F)cc(-c3cccc(OCC4CC4)n3)cc2F)C1. The smallest absolute Gasteiger partial charge is 0.303 e. The summed E-state index contributed by atoms with van der Waals surface area (Å²) in [7, 11) is 0. The van der Waals surface area contributed by atoms with Gasteiger partial charge in [-0.1, -0.05) is 6.07 Å². The number of nitrogens with zero attached hydrogens (tertiary/aromatic N) is 2. The van der Waals surface area contributed by atoms with Crippen LogP contribution in [0, 0.1) is 23.5 Å². The summed E-state index contributed by atoms with van der Waals surface area (Å²) in [6, 6.07) is 7.73. The van der Waals surface area contributed by atoms with E-state index in [0.717, 1.165) is 0 Å². The number of carboxylic acids is 1. The molecule has 2 fully saturated rings. The zero-order chi connectivity index (χ0) is 19.7. The van der Waals surface area contributed by atoms with Crippen molar-refractivity contribution in [2.24, 2.45) is 11.8 Å². The van der Waals surface area contributed by atoms with Crippen molar-refractivity contribution in [1.29, 1.82) is 0 Å². The number of hydrogen-bond donors (Lipinski definition) is 1. The van der Waals surface area contributed by atoms with Gasteiger partial charge in [0.15, 0.2) is 0 Å². The van der Waals surface area contributed by atoms with Crippen molar-refractivity contribution < 1.29 is 23.4 Å². The normalized spacial score (nSPS) is 19.1. The standard InChI is InChI=1S/C21H22F2N2O3/c22-16-9-15(18-2-1-3-19(24-18)28-12-13-4-5-13)10-17(23)21(16)25-7-6-14(11-25)8-20(26)27/h1-3,9-10,13-14H,4-8,11-12H2,(H,26,27)/t14-/m1/s1. The summed E-state index contributed by atoms with van der Waals surface area (Å²) in [6.07, 6.45) is 2.95. The van der Waals surface area contributed by atoms with Crippen LogP contribution in [-0.2, 0) is 4.79 Å². The lowest BCUT2D eigenvalue weighted by atomic mass is 10.1. The Hall–Kier alpha value is -2.70. The van der Waals surface area contributed by atoms with E-state index < -0.39 is 17.6 Å². The van der Waals surface area contributed by atoms with Gasteiger partial charge in [0.25, 0.3) is 0 Å². The van der Waals surface area contributed by atoms with Crippen LogP contribution in [0.1, 0.15) is 25.7 Å². The van der Waals surface area contributed by atoms with E-state index in [-0.39, 0.29) is 18.0 Å². The van der Waals surface area contributed by atoms with Crippen molar-refractivity contribution >= 4 is 11.7 Å². The van der Waals surface area contributed by atoms with Gasteiger partial charge < -0.3 is 14.7 Å². The Morgan fingerprint density at radius 2 is 1.93 bits per heavy atom. The predicted molar refractivity (Wildman–Crippen MR) is 100 cm³/mol. The summed E-state index contributed by atoms with van der Waals surface area (Å²) in [4.78, 5) is 16.8. The van der Waals surface area contributed by atoms with E-state index in [1.165, 1.54) is 25.0 Å². The molecule has 0 bridgehead atoms. The Balaban J connectivity index is 1.52. The van der Waals surface area contributed by atoms with Gasteiger partial charge in [-0.3, -0.25) is 4.79 Å². The van der Waals surface area contributed by atoms with Gasteiger partial charge in [0.2, 0.25) is 5.88 Å². The largest absolute Gasteiger partial charge is 0.481 e. The molecule has 2 heterocycles. The summed E-state index contributed by atoms with van der Waals surface area (Å²) in [5.41, 5.74) is 0.692. The minimum Gasteiger partial charge on any atom is -0.481 e. The first-order valence-corrected chi connectivity index (χ1v) is 9.55. The first kappa shape index (κ1) is 18.7. The van der Waals surface area contributed by atoms with Gasteiger partial charge in [-0.25, -0.2) is 13.8 Å². The number of hydrogen-bond acceptors (Lipinski definition) is 4. The molecule has 2 aromatic rings. The molecule has 1 aromatic heterocycles. The molecule has 7 heteroatoms. The minimum absolute atomic E-state index is 0.00932. The second-order valence-electron chi connectivity index (χ2n) is 7.60. The molecule has 148 valence electrons.